The van der Waals surface area contributed by atoms with Crippen LogP contribution in [0.25, 0.3) is 38.8 Å². The summed E-state index contributed by atoms with van der Waals surface area (Å²) >= 11 is 0. The van der Waals surface area contributed by atoms with Gasteiger partial charge in [-0.15, -0.1) is 0 Å². The van der Waals surface area contributed by atoms with Gasteiger partial charge in [-0.3, -0.25) is 4.98 Å². The van der Waals surface area contributed by atoms with Gasteiger partial charge in [0.05, 0.1) is 27.8 Å². The molecular formula is C40H26N4. The summed E-state index contributed by atoms with van der Waals surface area (Å²) in [6.45, 7) is 3.94. The minimum Gasteiger partial charge on any atom is -0.309 e. The van der Waals surface area contributed by atoms with Crippen LogP contribution in [0, 0.1) is 0 Å². The lowest BCUT2D eigenvalue weighted by molar-refractivity contribution is 0.788. The van der Waals surface area contributed by atoms with Gasteiger partial charge in [0.2, 0.25) is 0 Å². The fourth-order valence-corrected chi connectivity index (χ4v) is 7.59. The van der Waals surface area contributed by atoms with Crippen LogP contribution in [0.15, 0.2) is 156 Å². The summed E-state index contributed by atoms with van der Waals surface area (Å²) in [6, 6.07) is 47.3. The molecule has 44 heavy (non-hydrogen) atoms. The van der Waals surface area contributed by atoms with E-state index >= 15 is 0 Å². The van der Waals surface area contributed by atoms with Crippen LogP contribution in [-0.2, 0) is 5.41 Å². The number of aliphatic imine (C=N–C) groups is 2. The molecule has 0 fully saturated rings. The van der Waals surface area contributed by atoms with Gasteiger partial charge in [-0.1, -0.05) is 115 Å². The largest absolute Gasteiger partial charge is 0.309 e. The zero-order chi connectivity index (χ0) is 29.3. The summed E-state index contributed by atoms with van der Waals surface area (Å²) in [5, 5.41) is 2.49. The van der Waals surface area contributed by atoms with Crippen molar-refractivity contribution in [1.29, 1.82) is 0 Å². The van der Waals surface area contributed by atoms with Gasteiger partial charge >= 0.3 is 0 Å². The van der Waals surface area contributed by atoms with Gasteiger partial charge in [-0.05, 0) is 47.2 Å². The first kappa shape index (κ1) is 24.7. The van der Waals surface area contributed by atoms with E-state index in [-0.39, 0.29) is 0 Å². The van der Waals surface area contributed by atoms with E-state index in [2.05, 4.69) is 118 Å². The second kappa shape index (κ2) is 9.32. The van der Waals surface area contributed by atoms with Crippen molar-refractivity contribution in [3.05, 3.63) is 179 Å². The van der Waals surface area contributed by atoms with Crippen molar-refractivity contribution in [3.63, 3.8) is 0 Å². The Hall–Kier alpha value is -5.87. The fourth-order valence-electron chi connectivity index (χ4n) is 7.59. The average Bonchev–Trinajstić information content (AvgIpc) is 3.58. The van der Waals surface area contributed by atoms with Crippen LogP contribution in [0.3, 0.4) is 0 Å². The quantitative estimate of drug-likeness (QED) is 0.157. The van der Waals surface area contributed by atoms with Crippen LogP contribution >= 0.6 is 0 Å². The molecule has 1 atom stereocenters. The molecule has 0 bridgehead atoms. The molecule has 9 rings (SSSR count). The molecule has 1 aliphatic heterocycles. The summed E-state index contributed by atoms with van der Waals surface area (Å²) < 4.78 is 2.45. The molecule has 0 radical (unpaired) electrons. The number of pyridine rings is 1. The Morgan fingerprint density at radius 2 is 1.39 bits per heavy atom. The van der Waals surface area contributed by atoms with Crippen molar-refractivity contribution in [2.75, 3.05) is 0 Å². The molecule has 1 unspecified atom stereocenters. The lowest BCUT2D eigenvalue weighted by Crippen LogP contribution is -2.34. The normalized spacial score (nSPS) is 16.9. The van der Waals surface area contributed by atoms with E-state index in [0.29, 0.717) is 5.84 Å². The standard InChI is InChI=1S/C40H26N4/c1-41-39(26-13-3-2-4-14-26)43-37-30-17-5-7-19-31(30)40(36(37)27-15-12-24-42-25-27)32-20-8-10-23-35(32)44-34-22-9-6-16-28(34)29-18-11-21-33(40)38(29)44/h2-25H,1H2. The highest BCUT2D eigenvalue weighted by atomic mass is 15.0. The fraction of sp³-hybridized carbons (Fsp3) is 0.0250. The molecule has 4 nitrogen and oxygen atoms in total. The number of nitrogens with zero attached hydrogens (tertiary/aromatic N) is 4. The first-order chi connectivity index (χ1) is 21.8. The van der Waals surface area contributed by atoms with Crippen molar-refractivity contribution >= 4 is 45.6 Å². The first-order valence-electron chi connectivity index (χ1n) is 14.8. The maximum absolute atomic E-state index is 5.38. The molecule has 3 heterocycles. The van der Waals surface area contributed by atoms with Crippen LogP contribution in [0.2, 0.25) is 0 Å². The highest BCUT2D eigenvalue weighted by molar-refractivity contribution is 6.17. The number of hydrogen-bond donors (Lipinski definition) is 0. The van der Waals surface area contributed by atoms with E-state index < -0.39 is 5.41 Å². The van der Waals surface area contributed by atoms with Crippen molar-refractivity contribution in [2.24, 2.45) is 9.98 Å². The number of rotatable bonds is 3. The smallest absolute Gasteiger partial charge is 0.159 e. The van der Waals surface area contributed by atoms with Crippen molar-refractivity contribution in [2.45, 2.75) is 5.41 Å². The summed E-state index contributed by atoms with van der Waals surface area (Å²) in [6.07, 6.45) is 3.80. The number of para-hydroxylation sites is 3. The molecule has 0 N–H and O–H groups in total. The predicted molar refractivity (Wildman–Crippen MR) is 181 cm³/mol. The van der Waals surface area contributed by atoms with Crippen molar-refractivity contribution in [3.8, 4) is 5.69 Å². The Balaban J connectivity index is 1.52. The van der Waals surface area contributed by atoms with E-state index in [4.69, 9.17) is 4.99 Å². The predicted octanol–water partition coefficient (Wildman–Crippen LogP) is 8.86. The molecule has 4 heteroatoms. The molecule has 2 aliphatic rings. The summed E-state index contributed by atoms with van der Waals surface area (Å²) in [5.74, 6) is 0.588. The van der Waals surface area contributed by atoms with Crippen molar-refractivity contribution < 1.29 is 0 Å². The minimum absolute atomic E-state index is 0.588. The number of amidine groups is 1. The third kappa shape index (κ3) is 3.14. The first-order valence-corrected chi connectivity index (χ1v) is 14.8. The van der Waals surface area contributed by atoms with Gasteiger partial charge in [-0.25, -0.2) is 9.98 Å². The van der Waals surface area contributed by atoms with E-state index in [1.807, 2.05) is 48.8 Å². The van der Waals surface area contributed by atoms with Gasteiger partial charge in [-0.2, -0.15) is 0 Å². The third-order valence-electron chi connectivity index (χ3n) is 9.20. The highest BCUT2D eigenvalue weighted by Crippen LogP contribution is 2.62. The lowest BCUT2D eigenvalue weighted by atomic mass is 9.63. The Morgan fingerprint density at radius 3 is 2.23 bits per heavy atom. The number of aromatic nitrogens is 2. The second-order valence-electron chi connectivity index (χ2n) is 11.3. The Kier molecular flexibility index (Phi) is 5.23. The van der Waals surface area contributed by atoms with Crippen LogP contribution in [-0.4, -0.2) is 22.1 Å². The molecule has 5 aromatic carbocycles. The Morgan fingerprint density at radius 1 is 0.659 bits per heavy atom. The molecular weight excluding hydrogens is 536 g/mol. The number of benzene rings is 5. The molecule has 2 aromatic heterocycles. The van der Waals surface area contributed by atoms with E-state index in [1.54, 1.807) is 0 Å². The second-order valence-corrected chi connectivity index (χ2v) is 11.3. The number of allylic oxidation sites excluding steroid dienone is 1. The number of fused-ring (bicyclic) bond motifs is 9. The van der Waals surface area contributed by atoms with Crippen molar-refractivity contribution in [1.82, 2.24) is 9.55 Å². The summed E-state index contributed by atoms with van der Waals surface area (Å²) in [4.78, 5) is 14.5. The zero-order valence-corrected chi connectivity index (χ0v) is 23.9. The average molecular weight is 563 g/mol. The molecule has 0 saturated carbocycles. The SMILES string of the molecule is C=NC(=NC1=C(c2cccnc2)C2(c3ccccc31)c1ccccc1-n1c3ccccc3c3cccc2c31)c1ccccc1. The van der Waals surface area contributed by atoms with Gasteiger partial charge in [0.1, 0.15) is 0 Å². The highest BCUT2D eigenvalue weighted by Gasteiger charge is 2.53. The van der Waals surface area contributed by atoms with E-state index in [1.165, 1.54) is 44.2 Å². The number of hydrogen-bond acceptors (Lipinski definition) is 2. The monoisotopic (exact) mass is 562 g/mol. The van der Waals surface area contributed by atoms with Gasteiger partial charge in [0.15, 0.2) is 5.84 Å². The maximum atomic E-state index is 5.38. The molecule has 206 valence electrons. The lowest BCUT2D eigenvalue weighted by Gasteiger charge is -2.40. The van der Waals surface area contributed by atoms with Gasteiger partial charge < -0.3 is 4.57 Å². The van der Waals surface area contributed by atoms with Gasteiger partial charge in [0, 0.05) is 39.9 Å². The Bertz CT molecular complexity index is 2340. The molecule has 0 saturated heterocycles. The molecule has 1 spiro atoms. The Labute approximate surface area is 255 Å². The van der Waals surface area contributed by atoms with Gasteiger partial charge in [0.25, 0.3) is 0 Å². The van der Waals surface area contributed by atoms with Crippen LogP contribution in [0.5, 0.6) is 0 Å². The van der Waals surface area contributed by atoms with Crippen LogP contribution in [0.4, 0.5) is 0 Å². The van der Waals surface area contributed by atoms with Crippen LogP contribution < -0.4 is 0 Å². The maximum Gasteiger partial charge on any atom is 0.159 e. The summed E-state index contributed by atoms with van der Waals surface area (Å²) in [5.41, 5.74) is 11.6. The summed E-state index contributed by atoms with van der Waals surface area (Å²) in [7, 11) is 0. The topological polar surface area (TPSA) is 42.5 Å². The zero-order valence-electron chi connectivity index (χ0n) is 23.9. The molecule has 0 amide bonds. The van der Waals surface area contributed by atoms with E-state index in [0.717, 1.165) is 28.0 Å². The minimum atomic E-state index is -0.651. The molecule has 7 aromatic rings. The third-order valence-corrected chi connectivity index (χ3v) is 9.20. The van der Waals surface area contributed by atoms with Crippen LogP contribution in [0.1, 0.15) is 33.4 Å². The van der Waals surface area contributed by atoms with E-state index in [9.17, 15) is 0 Å². The molecule has 1 aliphatic carbocycles.